The van der Waals surface area contributed by atoms with E-state index in [-0.39, 0.29) is 21.1 Å². The van der Waals surface area contributed by atoms with Crippen LogP contribution in [0.2, 0.25) is 0 Å². The normalized spacial score (nSPS) is 13.8. The smallest absolute Gasteiger partial charge is 0.132 e. The van der Waals surface area contributed by atoms with Gasteiger partial charge in [0, 0.05) is 55.5 Å². The molecular weight excluding hydrogens is 712 g/mol. The monoisotopic (exact) mass is 741 g/mol. The Balaban J connectivity index is 0.00000329. The fraction of sp³-hybridized carbons (Fsp3) is 0.0811. The molecule has 0 saturated heterocycles. The molecular formula is C37H30N4OPt-2. The second kappa shape index (κ2) is 12.0. The van der Waals surface area contributed by atoms with Crippen molar-refractivity contribution in [3.05, 3.63) is 151 Å². The predicted molar refractivity (Wildman–Crippen MR) is 167 cm³/mol. The maximum absolute atomic E-state index is 6.28. The van der Waals surface area contributed by atoms with Crippen molar-refractivity contribution in [2.24, 2.45) is 0 Å². The third-order valence-electron chi connectivity index (χ3n) is 7.58. The van der Waals surface area contributed by atoms with Crippen molar-refractivity contribution in [2.45, 2.75) is 20.8 Å². The molecule has 0 aliphatic carbocycles. The van der Waals surface area contributed by atoms with Crippen molar-refractivity contribution in [1.82, 2.24) is 9.78 Å². The van der Waals surface area contributed by atoms with E-state index in [0.29, 0.717) is 11.5 Å². The average molecular weight is 742 g/mol. The Labute approximate surface area is 267 Å². The molecule has 0 saturated carbocycles. The Morgan fingerprint density at radius 2 is 1.37 bits per heavy atom. The second-order valence-electron chi connectivity index (χ2n) is 10.6. The van der Waals surface area contributed by atoms with Crippen LogP contribution < -0.4 is 14.5 Å². The Morgan fingerprint density at radius 1 is 0.721 bits per heavy atom. The SMILES string of the molecule is Cc1cc(C)c([NH+]2[CH-]N(c3[c-]c(Oc4[c-]c(-n5cc(-c6ccccc6)cn5)ccc4)ccc3)c3ccccc32)c(C)c1.[Pt]. The molecule has 1 aliphatic rings. The first-order valence-electron chi connectivity index (χ1n) is 14.1. The maximum Gasteiger partial charge on any atom is 0.132 e. The van der Waals surface area contributed by atoms with Gasteiger partial charge in [-0.15, -0.1) is 36.4 Å². The van der Waals surface area contributed by atoms with Crippen molar-refractivity contribution in [3.8, 4) is 28.3 Å². The van der Waals surface area contributed by atoms with Gasteiger partial charge in [0.05, 0.1) is 11.9 Å². The average Bonchev–Trinajstić information content (AvgIpc) is 3.64. The van der Waals surface area contributed by atoms with Crippen LogP contribution >= 0.6 is 0 Å². The number of fused-ring (bicyclic) bond motifs is 1. The van der Waals surface area contributed by atoms with Gasteiger partial charge in [-0.3, -0.25) is 4.68 Å². The zero-order chi connectivity index (χ0) is 28.6. The Morgan fingerprint density at radius 3 is 2.12 bits per heavy atom. The number of nitrogens with one attached hydrogen (secondary N) is 1. The minimum Gasteiger partial charge on any atom is -0.509 e. The molecule has 0 radical (unpaired) electrons. The van der Waals surface area contributed by atoms with E-state index in [9.17, 15) is 0 Å². The minimum atomic E-state index is 0. The summed E-state index contributed by atoms with van der Waals surface area (Å²) >= 11 is 0. The number of nitrogens with zero attached hydrogens (tertiary/aromatic N) is 3. The summed E-state index contributed by atoms with van der Waals surface area (Å²) in [6.45, 7) is 8.76. The number of ether oxygens (including phenoxy) is 1. The summed E-state index contributed by atoms with van der Waals surface area (Å²) in [5.74, 6) is 1.22. The molecule has 0 amide bonds. The van der Waals surface area contributed by atoms with Crippen molar-refractivity contribution in [1.29, 1.82) is 0 Å². The van der Waals surface area contributed by atoms with Crippen molar-refractivity contribution in [3.63, 3.8) is 0 Å². The second-order valence-corrected chi connectivity index (χ2v) is 10.6. The van der Waals surface area contributed by atoms with Crippen LogP contribution in [0.5, 0.6) is 11.5 Å². The molecule has 1 atom stereocenters. The van der Waals surface area contributed by atoms with E-state index in [1.807, 2.05) is 65.6 Å². The summed E-state index contributed by atoms with van der Waals surface area (Å²) in [4.78, 5) is 3.42. The van der Waals surface area contributed by atoms with E-state index in [2.05, 4.69) is 104 Å². The fourth-order valence-electron chi connectivity index (χ4n) is 5.80. The fourth-order valence-corrected chi connectivity index (χ4v) is 5.80. The number of aryl methyl sites for hydroxylation is 3. The third-order valence-corrected chi connectivity index (χ3v) is 7.58. The van der Waals surface area contributed by atoms with Crippen molar-refractivity contribution in [2.75, 3.05) is 4.90 Å². The molecule has 43 heavy (non-hydrogen) atoms. The molecule has 1 aromatic heterocycles. The summed E-state index contributed by atoms with van der Waals surface area (Å²) < 4.78 is 8.10. The largest absolute Gasteiger partial charge is 0.509 e. The van der Waals surface area contributed by atoms with Crippen LogP contribution in [0, 0.1) is 39.6 Å². The van der Waals surface area contributed by atoms with Crippen LogP contribution in [-0.2, 0) is 21.1 Å². The van der Waals surface area contributed by atoms with Gasteiger partial charge < -0.3 is 14.5 Å². The Bertz CT molecular complexity index is 1880. The van der Waals surface area contributed by atoms with Crippen LogP contribution in [0.1, 0.15) is 16.7 Å². The molecule has 5 nitrogen and oxygen atoms in total. The van der Waals surface area contributed by atoms with E-state index in [0.717, 1.165) is 28.2 Å². The summed E-state index contributed by atoms with van der Waals surface area (Å²) in [6, 6.07) is 41.9. The van der Waals surface area contributed by atoms with E-state index in [4.69, 9.17) is 4.74 Å². The standard InChI is InChI=1S/C37H30N4O.Pt/c1-26-19-27(2)37(28(3)20-26)40-25-39(35-17-7-8-18-36(35)40)31-13-9-15-33(21-31)42-34-16-10-14-32(22-34)41-24-30(23-38-41)29-11-5-4-6-12-29;/h4-20,23-25,40H,1-3H3;/q-2;. The van der Waals surface area contributed by atoms with E-state index in [1.54, 1.807) is 0 Å². The maximum atomic E-state index is 6.28. The van der Waals surface area contributed by atoms with Gasteiger partial charge in [-0.2, -0.15) is 17.2 Å². The number of hydrogen-bond donors (Lipinski definition) is 1. The van der Waals surface area contributed by atoms with E-state index >= 15 is 0 Å². The van der Waals surface area contributed by atoms with Gasteiger partial charge in [-0.05, 0) is 50.8 Å². The van der Waals surface area contributed by atoms with Gasteiger partial charge in [0.2, 0.25) is 0 Å². The van der Waals surface area contributed by atoms with Crippen LogP contribution in [0.4, 0.5) is 22.7 Å². The first kappa shape index (κ1) is 28.7. The molecule has 216 valence electrons. The molecule has 7 rings (SSSR count). The molecule has 6 heteroatoms. The first-order valence-corrected chi connectivity index (χ1v) is 14.1. The van der Waals surface area contributed by atoms with Crippen LogP contribution in [0.25, 0.3) is 16.8 Å². The minimum absolute atomic E-state index is 0. The summed E-state index contributed by atoms with van der Waals surface area (Å²) in [6.07, 6.45) is 3.87. The summed E-state index contributed by atoms with van der Waals surface area (Å²) in [7, 11) is 0. The first-order chi connectivity index (χ1) is 20.5. The van der Waals surface area contributed by atoms with Crippen molar-refractivity contribution >= 4 is 22.7 Å². The third kappa shape index (κ3) is 5.66. The molecule has 2 heterocycles. The van der Waals surface area contributed by atoms with E-state index in [1.165, 1.54) is 33.0 Å². The van der Waals surface area contributed by atoms with E-state index < -0.39 is 0 Å². The molecule has 1 aliphatic heterocycles. The Hall–Kier alpha value is -4.44. The molecule has 0 bridgehead atoms. The van der Waals surface area contributed by atoms with Crippen LogP contribution in [0.15, 0.2) is 116 Å². The zero-order valence-electron chi connectivity index (χ0n) is 24.1. The quantitative estimate of drug-likeness (QED) is 0.176. The number of para-hydroxylation sites is 2. The number of benzene rings is 5. The Kier molecular flexibility index (Phi) is 8.03. The number of hydrogen-bond acceptors (Lipinski definition) is 3. The number of rotatable bonds is 6. The van der Waals surface area contributed by atoms with Gasteiger partial charge in [-0.1, -0.05) is 65.8 Å². The zero-order valence-corrected chi connectivity index (χ0v) is 26.4. The van der Waals surface area contributed by atoms with Crippen LogP contribution in [-0.4, -0.2) is 9.78 Å². The van der Waals surface area contributed by atoms with Gasteiger partial charge in [-0.25, -0.2) is 0 Å². The number of quaternary nitrogens is 1. The summed E-state index contributed by atoms with van der Waals surface area (Å²) in [5.41, 5.74) is 11.3. The molecule has 0 spiro atoms. The summed E-state index contributed by atoms with van der Waals surface area (Å²) in [5, 5.41) is 4.56. The predicted octanol–water partition coefficient (Wildman–Crippen LogP) is 7.97. The topological polar surface area (TPSA) is 34.7 Å². The molecule has 1 unspecified atom stereocenters. The molecule has 5 aromatic carbocycles. The molecule has 6 aromatic rings. The molecule has 1 N–H and O–H groups in total. The van der Waals surface area contributed by atoms with Gasteiger partial charge in [0.1, 0.15) is 11.4 Å². The molecule has 0 fully saturated rings. The van der Waals surface area contributed by atoms with Crippen molar-refractivity contribution < 1.29 is 30.7 Å². The van der Waals surface area contributed by atoms with Crippen LogP contribution in [0.3, 0.4) is 0 Å². The number of aromatic nitrogens is 2. The van der Waals surface area contributed by atoms with Gasteiger partial charge in [0.15, 0.2) is 0 Å². The van der Waals surface area contributed by atoms with Gasteiger partial charge >= 0.3 is 0 Å². The number of anilines is 2. The van der Waals surface area contributed by atoms with Gasteiger partial charge in [0.25, 0.3) is 0 Å².